The molecule has 2 aromatic carbocycles. The molecule has 0 bridgehead atoms. The van der Waals surface area contributed by atoms with Crippen molar-refractivity contribution in [3.05, 3.63) is 66.3 Å². The fourth-order valence-electron chi connectivity index (χ4n) is 3.68. The van der Waals surface area contributed by atoms with Gasteiger partial charge >= 0.3 is 0 Å². The molecule has 2 heterocycles. The zero-order valence-corrected chi connectivity index (χ0v) is 18.0. The van der Waals surface area contributed by atoms with Crippen molar-refractivity contribution >= 4 is 10.0 Å². The number of halogens is 1. The first kappa shape index (κ1) is 21.6. The van der Waals surface area contributed by atoms with Crippen molar-refractivity contribution in [1.82, 2.24) is 19.3 Å². The third-order valence-corrected chi connectivity index (χ3v) is 7.28. The summed E-state index contributed by atoms with van der Waals surface area (Å²) >= 11 is 0. The van der Waals surface area contributed by atoms with E-state index in [1.54, 1.807) is 0 Å². The molecule has 0 spiro atoms. The van der Waals surface area contributed by atoms with Crippen molar-refractivity contribution in [1.29, 1.82) is 0 Å². The zero-order valence-electron chi connectivity index (χ0n) is 17.2. The van der Waals surface area contributed by atoms with Crippen LogP contribution in [0.3, 0.4) is 0 Å². The molecule has 1 aliphatic heterocycles. The van der Waals surface area contributed by atoms with E-state index in [4.69, 9.17) is 4.52 Å². The molecule has 1 aromatic heterocycles. The summed E-state index contributed by atoms with van der Waals surface area (Å²) in [5.74, 6) is 0.749. The van der Waals surface area contributed by atoms with E-state index in [9.17, 15) is 12.8 Å². The molecule has 1 fully saturated rings. The highest BCUT2D eigenvalue weighted by molar-refractivity contribution is 7.89. The van der Waals surface area contributed by atoms with E-state index in [0.717, 1.165) is 31.5 Å². The largest absolute Gasteiger partial charge is 0.339 e. The number of aromatic nitrogens is 2. The summed E-state index contributed by atoms with van der Waals surface area (Å²) in [4.78, 5) is 6.85. The average Bonchev–Trinajstić information content (AvgIpc) is 3.12. The predicted molar refractivity (Wildman–Crippen MR) is 114 cm³/mol. The molecule has 31 heavy (non-hydrogen) atoms. The number of hydrogen-bond donors (Lipinski definition) is 0. The Labute approximate surface area is 181 Å². The monoisotopic (exact) mass is 444 g/mol. The second kappa shape index (κ2) is 9.67. The Bertz CT molecular complexity index is 1090. The quantitative estimate of drug-likeness (QED) is 0.557. The highest BCUT2D eigenvalue weighted by Gasteiger charge is 2.26. The summed E-state index contributed by atoms with van der Waals surface area (Å²) in [6, 6.07) is 14.7. The molecule has 9 heteroatoms. The number of benzene rings is 2. The van der Waals surface area contributed by atoms with Gasteiger partial charge in [0.25, 0.3) is 0 Å². The van der Waals surface area contributed by atoms with Gasteiger partial charge in [-0.05, 0) is 50.2 Å². The number of rotatable bonds is 7. The minimum atomic E-state index is -3.61. The first-order chi connectivity index (χ1) is 15.0. The molecule has 0 radical (unpaired) electrons. The van der Waals surface area contributed by atoms with Gasteiger partial charge in [0.1, 0.15) is 5.82 Å². The van der Waals surface area contributed by atoms with Gasteiger partial charge in [-0.2, -0.15) is 9.29 Å². The van der Waals surface area contributed by atoms with Crippen LogP contribution in [-0.4, -0.2) is 60.5 Å². The Morgan fingerprint density at radius 1 is 0.968 bits per heavy atom. The van der Waals surface area contributed by atoms with Gasteiger partial charge in [0.15, 0.2) is 0 Å². The number of aryl methyl sites for hydroxylation is 1. The first-order valence-electron chi connectivity index (χ1n) is 10.4. The van der Waals surface area contributed by atoms with Crippen molar-refractivity contribution < 1.29 is 17.3 Å². The first-order valence-corrected chi connectivity index (χ1v) is 11.8. The SMILES string of the molecule is O=S(=O)(c1ccc(F)cc1)N1CCCN(CCCc2nc(-c3ccccc3)no2)CC1. The lowest BCUT2D eigenvalue weighted by atomic mass is 10.2. The van der Waals surface area contributed by atoms with Crippen molar-refractivity contribution in [2.75, 3.05) is 32.7 Å². The normalized spacial score (nSPS) is 16.3. The predicted octanol–water partition coefficient (Wildman–Crippen LogP) is 3.20. The van der Waals surface area contributed by atoms with E-state index in [2.05, 4.69) is 15.0 Å². The summed E-state index contributed by atoms with van der Waals surface area (Å²) in [7, 11) is -3.61. The molecule has 0 aliphatic carbocycles. The highest BCUT2D eigenvalue weighted by Crippen LogP contribution is 2.19. The Kier molecular flexibility index (Phi) is 6.74. The van der Waals surface area contributed by atoms with Gasteiger partial charge in [-0.3, -0.25) is 0 Å². The van der Waals surface area contributed by atoms with Crippen LogP contribution in [0, 0.1) is 5.82 Å². The minimum absolute atomic E-state index is 0.132. The second-order valence-corrected chi connectivity index (χ2v) is 9.47. The highest BCUT2D eigenvalue weighted by atomic mass is 32.2. The third kappa shape index (κ3) is 5.36. The van der Waals surface area contributed by atoms with Gasteiger partial charge in [0, 0.05) is 31.6 Å². The summed E-state index contributed by atoms with van der Waals surface area (Å²) in [5.41, 5.74) is 0.924. The summed E-state index contributed by atoms with van der Waals surface area (Å²) < 4.78 is 45.6. The topological polar surface area (TPSA) is 79.5 Å². The molecule has 0 unspecified atom stereocenters. The molecule has 1 aliphatic rings. The lowest BCUT2D eigenvalue weighted by Gasteiger charge is -2.21. The zero-order chi connectivity index (χ0) is 21.7. The van der Waals surface area contributed by atoms with Crippen LogP contribution in [-0.2, 0) is 16.4 Å². The molecule has 7 nitrogen and oxygen atoms in total. The van der Waals surface area contributed by atoms with Crippen molar-refractivity contribution in [3.8, 4) is 11.4 Å². The molecule has 0 N–H and O–H groups in total. The van der Waals surface area contributed by atoms with Gasteiger partial charge in [0.2, 0.25) is 21.7 Å². The fraction of sp³-hybridized carbons (Fsp3) is 0.364. The summed E-state index contributed by atoms with van der Waals surface area (Å²) in [6.07, 6.45) is 2.27. The lowest BCUT2D eigenvalue weighted by molar-refractivity contribution is 0.277. The van der Waals surface area contributed by atoms with Gasteiger partial charge in [-0.25, -0.2) is 12.8 Å². The summed E-state index contributed by atoms with van der Waals surface area (Å²) in [6.45, 7) is 3.18. The lowest BCUT2D eigenvalue weighted by Crippen LogP contribution is -2.35. The molecule has 0 atom stereocenters. The second-order valence-electron chi connectivity index (χ2n) is 7.53. The fourth-order valence-corrected chi connectivity index (χ4v) is 5.15. The van der Waals surface area contributed by atoms with E-state index in [0.29, 0.717) is 37.8 Å². The molecule has 3 aromatic rings. The van der Waals surface area contributed by atoms with E-state index in [1.165, 1.54) is 28.6 Å². The van der Waals surface area contributed by atoms with Crippen LogP contribution < -0.4 is 0 Å². The summed E-state index contributed by atoms with van der Waals surface area (Å²) in [5, 5.41) is 4.04. The van der Waals surface area contributed by atoms with Crippen LogP contribution in [0.15, 0.2) is 64.0 Å². The van der Waals surface area contributed by atoms with Gasteiger partial charge in [0.05, 0.1) is 4.90 Å². The maximum Gasteiger partial charge on any atom is 0.243 e. The molecule has 164 valence electrons. The van der Waals surface area contributed by atoms with Crippen LogP contribution in [0.2, 0.25) is 0 Å². The molecule has 0 saturated carbocycles. The number of hydrogen-bond acceptors (Lipinski definition) is 6. The smallest absolute Gasteiger partial charge is 0.243 e. The van der Waals surface area contributed by atoms with Gasteiger partial charge < -0.3 is 9.42 Å². The Balaban J connectivity index is 1.28. The molecule has 1 saturated heterocycles. The maximum absolute atomic E-state index is 13.1. The van der Waals surface area contributed by atoms with E-state index in [1.807, 2.05) is 30.3 Å². The number of sulfonamides is 1. The van der Waals surface area contributed by atoms with Crippen molar-refractivity contribution in [2.24, 2.45) is 0 Å². The molecular weight excluding hydrogens is 419 g/mol. The average molecular weight is 445 g/mol. The van der Waals surface area contributed by atoms with Crippen molar-refractivity contribution in [3.63, 3.8) is 0 Å². The van der Waals surface area contributed by atoms with Crippen LogP contribution in [0.25, 0.3) is 11.4 Å². The Hall–Kier alpha value is -2.62. The molecule has 0 amide bonds. The number of nitrogens with zero attached hydrogens (tertiary/aromatic N) is 4. The van der Waals surface area contributed by atoms with E-state index >= 15 is 0 Å². The maximum atomic E-state index is 13.1. The van der Waals surface area contributed by atoms with Crippen LogP contribution in [0.4, 0.5) is 4.39 Å². The molecular formula is C22H25FN4O3S. The molecule has 4 rings (SSSR count). The van der Waals surface area contributed by atoms with Gasteiger partial charge in [-0.1, -0.05) is 35.5 Å². The van der Waals surface area contributed by atoms with Crippen LogP contribution in [0.1, 0.15) is 18.7 Å². The Morgan fingerprint density at radius 2 is 1.74 bits per heavy atom. The Morgan fingerprint density at radius 3 is 2.52 bits per heavy atom. The van der Waals surface area contributed by atoms with Gasteiger partial charge in [-0.15, -0.1) is 0 Å². The minimum Gasteiger partial charge on any atom is -0.339 e. The standard InChI is InChI=1S/C22H25FN4O3S/c23-19-9-11-20(12-10-19)31(28,29)27-15-5-14-26(16-17-27)13-4-8-21-24-22(25-30-21)18-6-2-1-3-7-18/h1-3,6-7,9-12H,4-5,8,13-17H2. The van der Waals surface area contributed by atoms with Crippen LogP contribution >= 0.6 is 0 Å². The third-order valence-electron chi connectivity index (χ3n) is 5.36. The van der Waals surface area contributed by atoms with E-state index < -0.39 is 15.8 Å². The van der Waals surface area contributed by atoms with E-state index in [-0.39, 0.29) is 4.90 Å². The van der Waals surface area contributed by atoms with Crippen molar-refractivity contribution in [2.45, 2.75) is 24.2 Å². The van der Waals surface area contributed by atoms with Crippen LogP contribution in [0.5, 0.6) is 0 Å².